The number of rotatable bonds is 5. The van der Waals surface area contributed by atoms with Gasteiger partial charge >= 0.3 is 0 Å². The van der Waals surface area contributed by atoms with E-state index in [1.54, 1.807) is 12.1 Å². The second-order valence-electron chi connectivity index (χ2n) is 7.88. The number of hydrogen-bond donors (Lipinski definition) is 2. The topological polar surface area (TPSA) is 76.6 Å². The number of aliphatic hydroxyl groups is 1. The van der Waals surface area contributed by atoms with Crippen LogP contribution in [-0.4, -0.2) is 55.1 Å². The van der Waals surface area contributed by atoms with E-state index in [0.717, 1.165) is 53.8 Å². The van der Waals surface area contributed by atoms with E-state index in [-0.39, 0.29) is 17.5 Å². The van der Waals surface area contributed by atoms with Crippen LogP contribution in [0.3, 0.4) is 0 Å². The first kappa shape index (κ1) is 18.7. The maximum absolute atomic E-state index is 13.2. The number of benzene rings is 2. The summed E-state index contributed by atoms with van der Waals surface area (Å²) in [5, 5.41) is 10.6. The molecule has 2 aliphatic rings. The molecule has 2 aromatic carbocycles. The molecule has 2 saturated heterocycles. The lowest BCUT2D eigenvalue weighted by Crippen LogP contribution is -2.52. The molecule has 2 fully saturated rings. The van der Waals surface area contributed by atoms with E-state index < -0.39 is 10.0 Å². The number of sulfonamides is 1. The van der Waals surface area contributed by atoms with Gasteiger partial charge in [-0.2, -0.15) is 4.31 Å². The van der Waals surface area contributed by atoms with E-state index in [4.69, 9.17) is 0 Å². The van der Waals surface area contributed by atoms with Gasteiger partial charge in [0.1, 0.15) is 0 Å². The average Bonchev–Trinajstić information content (AvgIpc) is 3.36. The lowest BCUT2D eigenvalue weighted by molar-refractivity contribution is 0.116. The Morgan fingerprint density at radius 2 is 1.83 bits per heavy atom. The zero-order valence-corrected chi connectivity index (χ0v) is 17.0. The van der Waals surface area contributed by atoms with Crippen LogP contribution in [0.25, 0.3) is 22.2 Å². The quantitative estimate of drug-likeness (QED) is 0.676. The van der Waals surface area contributed by atoms with Gasteiger partial charge in [-0.05, 0) is 49.6 Å². The number of anilines is 1. The van der Waals surface area contributed by atoms with Crippen molar-refractivity contribution in [3.63, 3.8) is 0 Å². The Kier molecular flexibility index (Phi) is 4.61. The summed E-state index contributed by atoms with van der Waals surface area (Å²) in [5.41, 5.74) is 3.93. The fraction of sp³-hybridized carbons (Fsp3) is 0.364. The Hall–Kier alpha value is -2.35. The fourth-order valence-electron chi connectivity index (χ4n) is 4.39. The third-order valence-corrected chi connectivity index (χ3v) is 8.09. The largest absolute Gasteiger partial charge is 0.395 e. The first-order valence-electron chi connectivity index (χ1n) is 10.2. The highest BCUT2D eigenvalue weighted by Crippen LogP contribution is 2.37. The lowest BCUT2D eigenvalue weighted by atomic mass is 10.1. The number of hydrogen-bond acceptors (Lipinski definition) is 4. The summed E-state index contributed by atoms with van der Waals surface area (Å²) in [5.74, 6) is 0. The van der Waals surface area contributed by atoms with Crippen molar-refractivity contribution in [3.8, 4) is 11.3 Å². The molecule has 1 atom stereocenters. The average molecular weight is 412 g/mol. The second-order valence-corrected chi connectivity index (χ2v) is 9.77. The summed E-state index contributed by atoms with van der Waals surface area (Å²) in [6, 6.07) is 15.3. The van der Waals surface area contributed by atoms with Crippen molar-refractivity contribution < 1.29 is 13.5 Å². The fourth-order valence-corrected chi connectivity index (χ4v) is 6.08. The number of fused-ring (bicyclic) bond motifs is 1. The maximum atomic E-state index is 13.2. The van der Waals surface area contributed by atoms with Gasteiger partial charge in [0.15, 0.2) is 0 Å². The number of H-pyrrole nitrogens is 1. The van der Waals surface area contributed by atoms with Gasteiger partial charge in [-0.15, -0.1) is 0 Å². The molecule has 2 aliphatic heterocycles. The van der Waals surface area contributed by atoms with Gasteiger partial charge in [0.05, 0.1) is 11.5 Å². The molecular formula is C22H25N3O3S. The van der Waals surface area contributed by atoms with Crippen molar-refractivity contribution in [1.29, 1.82) is 0 Å². The van der Waals surface area contributed by atoms with Gasteiger partial charge < -0.3 is 15.0 Å². The smallest absolute Gasteiger partial charge is 0.243 e. The van der Waals surface area contributed by atoms with E-state index in [1.165, 1.54) is 4.31 Å². The predicted molar refractivity (Wildman–Crippen MR) is 115 cm³/mol. The maximum Gasteiger partial charge on any atom is 0.243 e. The van der Waals surface area contributed by atoms with Gasteiger partial charge in [-0.1, -0.05) is 18.2 Å². The number of aromatic nitrogens is 1. The summed E-state index contributed by atoms with van der Waals surface area (Å²) in [6.45, 7) is 2.29. The van der Waals surface area contributed by atoms with Gasteiger partial charge in [-0.3, -0.25) is 0 Å². The molecule has 29 heavy (non-hydrogen) atoms. The molecule has 1 unspecified atom stereocenters. The van der Waals surface area contributed by atoms with E-state index in [0.29, 0.717) is 13.0 Å². The summed E-state index contributed by atoms with van der Waals surface area (Å²) in [7, 11) is -3.62. The number of nitrogens with one attached hydrogen (secondary N) is 1. The van der Waals surface area contributed by atoms with Crippen LogP contribution in [0, 0.1) is 0 Å². The third kappa shape index (κ3) is 3.13. The second kappa shape index (κ2) is 7.16. The van der Waals surface area contributed by atoms with Crippen LogP contribution >= 0.6 is 0 Å². The van der Waals surface area contributed by atoms with Crippen LogP contribution in [0.1, 0.15) is 19.3 Å². The van der Waals surface area contributed by atoms with Crippen LogP contribution in [0.2, 0.25) is 0 Å². The van der Waals surface area contributed by atoms with Crippen molar-refractivity contribution >= 4 is 26.6 Å². The minimum Gasteiger partial charge on any atom is -0.395 e. The van der Waals surface area contributed by atoms with Crippen molar-refractivity contribution in [2.75, 3.05) is 31.1 Å². The van der Waals surface area contributed by atoms with Gasteiger partial charge in [-0.25, -0.2) is 8.42 Å². The molecular weight excluding hydrogens is 386 g/mol. The highest BCUT2D eigenvalue weighted by molar-refractivity contribution is 7.89. The minimum atomic E-state index is -3.62. The molecule has 0 saturated carbocycles. The summed E-state index contributed by atoms with van der Waals surface area (Å²) < 4.78 is 27.7. The molecule has 0 amide bonds. The molecule has 2 N–H and O–H groups in total. The molecule has 3 heterocycles. The van der Waals surface area contributed by atoms with E-state index >= 15 is 0 Å². The number of aromatic amines is 1. The highest BCUT2D eigenvalue weighted by atomic mass is 32.2. The van der Waals surface area contributed by atoms with E-state index in [9.17, 15) is 13.5 Å². The Morgan fingerprint density at radius 3 is 2.52 bits per heavy atom. The van der Waals surface area contributed by atoms with Gasteiger partial charge in [0.25, 0.3) is 0 Å². The first-order valence-corrected chi connectivity index (χ1v) is 11.6. The Morgan fingerprint density at radius 1 is 1.03 bits per heavy atom. The van der Waals surface area contributed by atoms with Crippen molar-refractivity contribution in [3.05, 3.63) is 48.5 Å². The molecule has 7 heteroatoms. The zero-order chi connectivity index (χ0) is 20.0. The monoisotopic (exact) mass is 411 g/mol. The molecule has 152 valence electrons. The summed E-state index contributed by atoms with van der Waals surface area (Å²) >= 11 is 0. The first-order chi connectivity index (χ1) is 14.1. The van der Waals surface area contributed by atoms with Gasteiger partial charge in [0, 0.05) is 53.5 Å². The van der Waals surface area contributed by atoms with E-state index in [1.807, 2.05) is 24.3 Å². The van der Waals surface area contributed by atoms with Crippen molar-refractivity contribution in [2.45, 2.75) is 30.2 Å². The molecule has 0 radical (unpaired) electrons. The van der Waals surface area contributed by atoms with Gasteiger partial charge in [0.2, 0.25) is 10.0 Å². The van der Waals surface area contributed by atoms with Crippen LogP contribution < -0.4 is 4.90 Å². The third-order valence-electron chi connectivity index (χ3n) is 6.14. The lowest BCUT2D eigenvalue weighted by Gasteiger charge is -2.38. The summed E-state index contributed by atoms with van der Waals surface area (Å²) in [6.07, 6.45) is 3.01. The number of aliphatic hydroxyl groups excluding tert-OH is 1. The van der Waals surface area contributed by atoms with Crippen molar-refractivity contribution in [1.82, 2.24) is 9.29 Å². The normalized spacial score (nSPS) is 20.3. The summed E-state index contributed by atoms with van der Waals surface area (Å²) in [4.78, 5) is 6.07. The molecule has 0 spiro atoms. The van der Waals surface area contributed by atoms with Crippen LogP contribution in [0.5, 0.6) is 0 Å². The number of nitrogens with zero attached hydrogens (tertiary/aromatic N) is 2. The van der Waals surface area contributed by atoms with Crippen LogP contribution in [0.4, 0.5) is 5.69 Å². The Balaban J connectivity index is 1.63. The highest BCUT2D eigenvalue weighted by Gasteiger charge is 2.38. The number of para-hydroxylation sites is 1. The SMILES string of the molecule is O=S(=O)(c1ccc(N2CCCC2)c(-c2cc3ccccc3[nH]2)c1)N1CCC1CO. The van der Waals surface area contributed by atoms with Crippen LogP contribution in [-0.2, 0) is 10.0 Å². The van der Waals surface area contributed by atoms with Crippen LogP contribution in [0.15, 0.2) is 53.4 Å². The standard InChI is InChI=1S/C22H25N3O3S/c26-15-17-9-12-25(17)29(27,28)18-7-8-22(24-10-3-4-11-24)19(14-18)21-13-16-5-1-2-6-20(16)23-21/h1-2,5-8,13-14,17,23,26H,3-4,9-12,15H2. The Bertz CT molecular complexity index is 1110. The van der Waals surface area contributed by atoms with E-state index in [2.05, 4.69) is 22.0 Å². The predicted octanol–water partition coefficient (Wildman–Crippen LogP) is 3.19. The zero-order valence-electron chi connectivity index (χ0n) is 16.2. The molecule has 0 bridgehead atoms. The molecule has 3 aromatic rings. The van der Waals surface area contributed by atoms with Crippen molar-refractivity contribution in [2.24, 2.45) is 0 Å². The Labute approximate surface area is 170 Å². The molecule has 0 aliphatic carbocycles. The molecule has 5 rings (SSSR count). The molecule has 1 aromatic heterocycles. The molecule has 6 nitrogen and oxygen atoms in total. The minimum absolute atomic E-state index is 0.139.